The fourth-order valence-electron chi connectivity index (χ4n) is 2.78. The maximum atomic E-state index is 14.0. The number of β-amino-alcohol motifs (C(OH)–C–C–N with tert-alkyl or cyclic N) is 1. The van der Waals surface area contributed by atoms with Crippen molar-refractivity contribution in [3.05, 3.63) is 59.2 Å². The lowest BCUT2D eigenvalue weighted by atomic mass is 10.0. The van der Waals surface area contributed by atoms with Gasteiger partial charge < -0.3 is 10.0 Å². The average Bonchev–Trinajstić information content (AvgIpc) is 2.90. The van der Waals surface area contributed by atoms with E-state index in [2.05, 4.69) is 9.97 Å². The second kappa shape index (κ2) is 6.00. The molecule has 0 aliphatic carbocycles. The first kappa shape index (κ1) is 15.5. The number of rotatable bonds is 2. The minimum atomic E-state index is -0.809. The van der Waals surface area contributed by atoms with Gasteiger partial charge in [0.15, 0.2) is 0 Å². The third-order valence-corrected chi connectivity index (χ3v) is 3.84. The molecule has 2 heterocycles. The van der Waals surface area contributed by atoms with Crippen LogP contribution in [0.25, 0.3) is 0 Å². The summed E-state index contributed by atoms with van der Waals surface area (Å²) in [6.45, 7) is 1.75. The summed E-state index contributed by atoms with van der Waals surface area (Å²) in [7, 11) is 0. The highest BCUT2D eigenvalue weighted by atomic mass is 19.1. The summed E-state index contributed by atoms with van der Waals surface area (Å²) in [6.07, 6.45) is 0.786. The Morgan fingerprint density at radius 2 is 2.13 bits per heavy atom. The van der Waals surface area contributed by atoms with Gasteiger partial charge in [-0.05, 0) is 37.6 Å². The topological polar surface area (TPSA) is 66.3 Å². The zero-order valence-corrected chi connectivity index (χ0v) is 12.4. The third-order valence-electron chi connectivity index (χ3n) is 3.84. The number of amides is 1. The molecule has 1 aromatic carbocycles. The molecule has 0 spiro atoms. The van der Waals surface area contributed by atoms with Crippen molar-refractivity contribution in [3.8, 4) is 0 Å². The summed E-state index contributed by atoms with van der Waals surface area (Å²) < 4.78 is 27.5. The molecule has 3 rings (SSSR count). The third kappa shape index (κ3) is 3.05. The van der Waals surface area contributed by atoms with Crippen molar-refractivity contribution in [1.82, 2.24) is 14.9 Å². The summed E-state index contributed by atoms with van der Waals surface area (Å²) in [6, 6.07) is 3.98. The Morgan fingerprint density at radius 3 is 2.87 bits per heavy atom. The van der Waals surface area contributed by atoms with Crippen LogP contribution in [0.3, 0.4) is 0 Å². The van der Waals surface area contributed by atoms with Crippen LogP contribution in [-0.2, 0) is 0 Å². The number of aryl methyl sites for hydroxylation is 1. The van der Waals surface area contributed by atoms with E-state index in [0.29, 0.717) is 5.69 Å². The molecule has 1 aliphatic rings. The second-order valence-electron chi connectivity index (χ2n) is 5.55. The van der Waals surface area contributed by atoms with Crippen LogP contribution >= 0.6 is 0 Å². The van der Waals surface area contributed by atoms with E-state index in [4.69, 9.17) is 0 Å². The number of likely N-dealkylation sites (tertiary alicyclic amines) is 1. The Bertz CT molecular complexity index is 754. The SMILES string of the molecule is Cc1ccnc(C(=O)N2CC(O)CC2c2cc(F)ccc2F)n1. The van der Waals surface area contributed by atoms with Gasteiger partial charge in [-0.3, -0.25) is 4.79 Å². The Morgan fingerprint density at radius 1 is 1.35 bits per heavy atom. The minimum Gasteiger partial charge on any atom is -0.391 e. The van der Waals surface area contributed by atoms with Crippen LogP contribution in [0.5, 0.6) is 0 Å². The van der Waals surface area contributed by atoms with E-state index < -0.39 is 29.7 Å². The Kier molecular flexibility index (Phi) is 4.04. The number of aromatic nitrogens is 2. The Labute approximate surface area is 131 Å². The summed E-state index contributed by atoms with van der Waals surface area (Å²) in [5.74, 6) is -1.75. The first-order valence-corrected chi connectivity index (χ1v) is 7.19. The molecule has 5 nitrogen and oxygen atoms in total. The summed E-state index contributed by atoms with van der Waals surface area (Å²) in [4.78, 5) is 21.9. The van der Waals surface area contributed by atoms with Gasteiger partial charge in [-0.25, -0.2) is 18.7 Å². The number of hydrogen-bond donors (Lipinski definition) is 1. The number of halogens is 2. The summed E-state index contributed by atoms with van der Waals surface area (Å²) in [5.41, 5.74) is 0.666. The number of carbonyl (C=O) groups is 1. The van der Waals surface area contributed by atoms with Crippen molar-refractivity contribution in [2.75, 3.05) is 6.54 Å². The summed E-state index contributed by atoms with van der Waals surface area (Å²) >= 11 is 0. The van der Waals surface area contributed by atoms with E-state index in [0.717, 1.165) is 18.2 Å². The normalized spacial score (nSPS) is 20.8. The van der Waals surface area contributed by atoms with Gasteiger partial charge in [0.1, 0.15) is 11.6 Å². The molecule has 1 aromatic heterocycles. The van der Waals surface area contributed by atoms with Gasteiger partial charge in [-0.1, -0.05) is 0 Å². The lowest BCUT2D eigenvalue weighted by Crippen LogP contribution is -2.33. The molecule has 1 aliphatic heterocycles. The number of hydrogen-bond acceptors (Lipinski definition) is 4. The smallest absolute Gasteiger partial charge is 0.292 e. The number of nitrogens with zero attached hydrogens (tertiary/aromatic N) is 3. The van der Waals surface area contributed by atoms with Gasteiger partial charge in [0.25, 0.3) is 5.91 Å². The minimum absolute atomic E-state index is 0.0246. The lowest BCUT2D eigenvalue weighted by molar-refractivity contribution is 0.0701. The number of carbonyl (C=O) groups excluding carboxylic acids is 1. The standard InChI is InChI=1S/C16H15F2N3O2/c1-9-4-5-19-15(20-9)16(23)21-8-11(22)7-14(21)12-6-10(17)2-3-13(12)18/h2-6,11,14,22H,7-8H2,1H3. The molecule has 2 unspecified atom stereocenters. The predicted molar refractivity (Wildman–Crippen MR) is 77.5 cm³/mol. The van der Waals surface area contributed by atoms with Crippen LogP contribution in [0, 0.1) is 18.6 Å². The van der Waals surface area contributed by atoms with Crippen molar-refractivity contribution in [1.29, 1.82) is 0 Å². The maximum absolute atomic E-state index is 14.0. The summed E-state index contributed by atoms with van der Waals surface area (Å²) in [5, 5.41) is 9.89. The highest BCUT2D eigenvalue weighted by Crippen LogP contribution is 2.34. The average molecular weight is 319 g/mol. The van der Waals surface area contributed by atoms with Crippen LogP contribution in [0.4, 0.5) is 8.78 Å². The van der Waals surface area contributed by atoms with Gasteiger partial charge in [0.2, 0.25) is 5.82 Å². The van der Waals surface area contributed by atoms with Gasteiger partial charge in [0, 0.05) is 24.0 Å². The predicted octanol–water partition coefficient (Wildman–Crippen LogP) is 2.01. The molecular weight excluding hydrogens is 304 g/mol. The highest BCUT2D eigenvalue weighted by Gasteiger charge is 2.38. The molecule has 0 saturated carbocycles. The molecule has 120 valence electrons. The fourth-order valence-corrected chi connectivity index (χ4v) is 2.78. The molecule has 1 N–H and O–H groups in total. The Balaban J connectivity index is 1.97. The quantitative estimate of drug-likeness (QED) is 0.919. The van der Waals surface area contributed by atoms with Crippen molar-refractivity contribution >= 4 is 5.91 Å². The number of aliphatic hydroxyl groups is 1. The van der Waals surface area contributed by atoms with Crippen LogP contribution in [0.15, 0.2) is 30.5 Å². The van der Waals surface area contributed by atoms with E-state index in [1.807, 2.05) is 0 Å². The molecule has 1 amide bonds. The Hall–Kier alpha value is -2.41. The van der Waals surface area contributed by atoms with Gasteiger partial charge in [0.05, 0.1) is 12.1 Å². The second-order valence-corrected chi connectivity index (χ2v) is 5.55. The molecule has 0 radical (unpaired) electrons. The molecular formula is C16H15F2N3O2. The van der Waals surface area contributed by atoms with E-state index in [1.165, 1.54) is 11.1 Å². The number of aliphatic hydroxyl groups excluding tert-OH is 1. The van der Waals surface area contributed by atoms with Crippen molar-refractivity contribution in [3.63, 3.8) is 0 Å². The van der Waals surface area contributed by atoms with Crippen LogP contribution in [-0.4, -0.2) is 38.5 Å². The molecule has 1 fully saturated rings. The first-order chi connectivity index (χ1) is 11.0. The van der Waals surface area contributed by atoms with E-state index in [1.54, 1.807) is 13.0 Å². The maximum Gasteiger partial charge on any atom is 0.292 e. The molecule has 7 heteroatoms. The highest BCUT2D eigenvalue weighted by molar-refractivity contribution is 5.91. The molecule has 2 atom stereocenters. The van der Waals surface area contributed by atoms with Crippen LogP contribution < -0.4 is 0 Å². The van der Waals surface area contributed by atoms with Crippen LogP contribution in [0.1, 0.15) is 34.3 Å². The van der Waals surface area contributed by atoms with Crippen molar-refractivity contribution in [2.45, 2.75) is 25.5 Å². The zero-order chi connectivity index (χ0) is 16.6. The fraction of sp³-hybridized carbons (Fsp3) is 0.312. The monoisotopic (exact) mass is 319 g/mol. The lowest BCUT2D eigenvalue weighted by Gasteiger charge is -2.24. The van der Waals surface area contributed by atoms with E-state index >= 15 is 0 Å². The van der Waals surface area contributed by atoms with Gasteiger partial charge >= 0.3 is 0 Å². The molecule has 0 bridgehead atoms. The number of benzene rings is 1. The molecule has 2 aromatic rings. The van der Waals surface area contributed by atoms with Crippen molar-refractivity contribution in [2.24, 2.45) is 0 Å². The van der Waals surface area contributed by atoms with Crippen molar-refractivity contribution < 1.29 is 18.7 Å². The largest absolute Gasteiger partial charge is 0.391 e. The van der Waals surface area contributed by atoms with Gasteiger partial charge in [-0.2, -0.15) is 0 Å². The first-order valence-electron chi connectivity index (χ1n) is 7.19. The molecule has 23 heavy (non-hydrogen) atoms. The zero-order valence-electron chi connectivity index (χ0n) is 12.4. The molecule has 1 saturated heterocycles. The van der Waals surface area contributed by atoms with Gasteiger partial charge in [-0.15, -0.1) is 0 Å². The van der Waals surface area contributed by atoms with E-state index in [-0.39, 0.29) is 24.4 Å². The van der Waals surface area contributed by atoms with Crippen LogP contribution in [0.2, 0.25) is 0 Å². The van der Waals surface area contributed by atoms with E-state index in [9.17, 15) is 18.7 Å².